The quantitative estimate of drug-likeness (QED) is 0.735. The molecule has 1 atom stereocenters. The van der Waals surface area contributed by atoms with E-state index in [0.29, 0.717) is 19.4 Å². The van der Waals surface area contributed by atoms with E-state index >= 15 is 0 Å². The Bertz CT molecular complexity index is 688. The average Bonchev–Trinajstić information content (AvgIpc) is 3.14. The summed E-state index contributed by atoms with van der Waals surface area (Å²) in [6.45, 7) is 2.57. The molecule has 3 aromatic rings. The molecule has 8 nitrogen and oxygen atoms in total. The van der Waals surface area contributed by atoms with E-state index in [9.17, 15) is 4.79 Å². The topological polar surface area (TPSA) is 90.0 Å². The summed E-state index contributed by atoms with van der Waals surface area (Å²) in [7, 11) is 0. The van der Waals surface area contributed by atoms with Gasteiger partial charge in [0.25, 0.3) is 0 Å². The van der Waals surface area contributed by atoms with Crippen LogP contribution in [0.3, 0.4) is 0 Å². The number of thiazole rings is 1. The number of hydrogen-bond donors (Lipinski definition) is 1. The van der Waals surface area contributed by atoms with Gasteiger partial charge in [-0.1, -0.05) is 0 Å². The predicted molar refractivity (Wildman–Crippen MR) is 76.7 cm³/mol. The summed E-state index contributed by atoms with van der Waals surface area (Å²) in [5.41, 5.74) is 0.871. The number of aryl methyl sites for hydroxylation is 1. The first kappa shape index (κ1) is 13.7. The smallest absolute Gasteiger partial charge is 0.220 e. The van der Waals surface area contributed by atoms with E-state index < -0.39 is 0 Å². The second-order valence-corrected chi connectivity index (χ2v) is 5.60. The number of imidazole rings is 1. The Balaban J connectivity index is 1.48. The molecule has 0 spiro atoms. The van der Waals surface area contributed by atoms with Gasteiger partial charge in [-0.3, -0.25) is 9.20 Å². The molecule has 0 aliphatic heterocycles. The first-order chi connectivity index (χ1) is 10.2. The molecule has 0 unspecified atom stereocenters. The van der Waals surface area contributed by atoms with Gasteiger partial charge in [-0.05, 0) is 23.8 Å². The summed E-state index contributed by atoms with van der Waals surface area (Å²) in [6, 6.07) is -0.0994. The molecule has 0 saturated heterocycles. The van der Waals surface area contributed by atoms with Crippen LogP contribution in [0.25, 0.3) is 4.96 Å². The van der Waals surface area contributed by atoms with Crippen LogP contribution in [0.15, 0.2) is 24.1 Å². The Labute approximate surface area is 124 Å². The molecule has 0 aliphatic carbocycles. The highest BCUT2D eigenvalue weighted by Crippen LogP contribution is 2.16. The molecule has 0 radical (unpaired) electrons. The van der Waals surface area contributed by atoms with E-state index in [0.717, 1.165) is 10.7 Å². The van der Waals surface area contributed by atoms with Gasteiger partial charge in [-0.15, -0.1) is 16.4 Å². The minimum absolute atomic E-state index is 0.00642. The molecule has 0 bridgehead atoms. The molecular weight excluding hydrogens is 290 g/mol. The molecule has 0 saturated carbocycles. The van der Waals surface area contributed by atoms with E-state index in [1.807, 2.05) is 29.1 Å². The summed E-state index contributed by atoms with van der Waals surface area (Å²) in [6.07, 6.45) is 6.57. The van der Waals surface area contributed by atoms with Gasteiger partial charge in [-0.25, -0.2) is 9.67 Å². The molecular formula is C12H15N7OS. The number of nitrogens with one attached hydrogen (secondary N) is 1. The lowest BCUT2D eigenvalue weighted by Gasteiger charge is -2.11. The molecule has 1 N–H and O–H groups in total. The number of amides is 1. The highest BCUT2D eigenvalue weighted by molar-refractivity contribution is 7.15. The Kier molecular flexibility index (Phi) is 3.91. The number of hydrogen-bond acceptors (Lipinski definition) is 6. The second-order valence-electron chi connectivity index (χ2n) is 4.72. The van der Waals surface area contributed by atoms with Crippen molar-refractivity contribution in [1.82, 2.24) is 34.9 Å². The van der Waals surface area contributed by atoms with Gasteiger partial charge in [0.05, 0.1) is 11.7 Å². The summed E-state index contributed by atoms with van der Waals surface area (Å²) < 4.78 is 3.57. The molecule has 0 fully saturated rings. The number of tetrazole rings is 1. The Morgan fingerprint density at radius 3 is 3.19 bits per heavy atom. The van der Waals surface area contributed by atoms with Crippen molar-refractivity contribution >= 4 is 22.2 Å². The fourth-order valence-corrected chi connectivity index (χ4v) is 2.73. The highest BCUT2D eigenvalue weighted by Gasteiger charge is 2.13. The number of carbonyl (C=O) groups excluding carboxylic acids is 1. The first-order valence-electron chi connectivity index (χ1n) is 6.64. The lowest BCUT2D eigenvalue weighted by molar-refractivity contribution is -0.121. The van der Waals surface area contributed by atoms with Crippen LogP contribution in [0.5, 0.6) is 0 Å². The number of aromatic nitrogens is 6. The summed E-state index contributed by atoms with van der Waals surface area (Å²) in [5, 5.41) is 15.8. The Morgan fingerprint density at radius 2 is 2.43 bits per heavy atom. The number of rotatable bonds is 6. The van der Waals surface area contributed by atoms with E-state index in [2.05, 4.69) is 25.8 Å². The highest BCUT2D eigenvalue weighted by atomic mass is 32.1. The van der Waals surface area contributed by atoms with Crippen LogP contribution in [0, 0.1) is 0 Å². The first-order valence-corrected chi connectivity index (χ1v) is 7.52. The summed E-state index contributed by atoms with van der Waals surface area (Å²) in [5.74, 6) is 0.00642. The minimum Gasteiger partial charge on any atom is -0.348 e. The molecule has 3 aromatic heterocycles. The van der Waals surface area contributed by atoms with Gasteiger partial charge in [0.15, 0.2) is 4.96 Å². The van der Waals surface area contributed by atoms with Crippen molar-refractivity contribution in [1.29, 1.82) is 0 Å². The van der Waals surface area contributed by atoms with Crippen LogP contribution in [-0.2, 0) is 11.3 Å². The Hall–Kier alpha value is -2.29. The molecule has 21 heavy (non-hydrogen) atoms. The maximum atomic E-state index is 11.9. The monoisotopic (exact) mass is 305 g/mol. The maximum absolute atomic E-state index is 11.9. The number of nitrogens with zero attached hydrogens (tertiary/aromatic N) is 6. The largest absolute Gasteiger partial charge is 0.348 e. The normalized spacial score (nSPS) is 12.6. The molecule has 110 valence electrons. The molecule has 9 heteroatoms. The SMILES string of the molecule is C[C@H](NC(=O)CCCn1cnnn1)c1cn2ccsc2n1. The molecule has 0 aromatic carbocycles. The summed E-state index contributed by atoms with van der Waals surface area (Å²) >= 11 is 1.57. The second kappa shape index (κ2) is 6.00. The zero-order chi connectivity index (χ0) is 14.7. The van der Waals surface area contributed by atoms with Crippen molar-refractivity contribution in [3.05, 3.63) is 29.8 Å². The van der Waals surface area contributed by atoms with E-state index in [-0.39, 0.29) is 11.9 Å². The van der Waals surface area contributed by atoms with Crippen molar-refractivity contribution in [2.45, 2.75) is 32.4 Å². The van der Waals surface area contributed by atoms with Crippen LogP contribution in [0.4, 0.5) is 0 Å². The van der Waals surface area contributed by atoms with Crippen molar-refractivity contribution in [2.75, 3.05) is 0 Å². The fraction of sp³-hybridized carbons (Fsp3) is 0.417. The van der Waals surface area contributed by atoms with Gasteiger partial charge in [0, 0.05) is 30.7 Å². The lowest BCUT2D eigenvalue weighted by Crippen LogP contribution is -2.26. The van der Waals surface area contributed by atoms with Gasteiger partial charge >= 0.3 is 0 Å². The van der Waals surface area contributed by atoms with E-state index in [1.165, 1.54) is 0 Å². The van der Waals surface area contributed by atoms with Gasteiger partial charge < -0.3 is 5.32 Å². The van der Waals surface area contributed by atoms with Crippen molar-refractivity contribution < 1.29 is 4.79 Å². The van der Waals surface area contributed by atoms with Crippen molar-refractivity contribution in [2.24, 2.45) is 0 Å². The Morgan fingerprint density at radius 1 is 1.52 bits per heavy atom. The van der Waals surface area contributed by atoms with E-state index in [1.54, 1.807) is 22.3 Å². The third-order valence-electron chi connectivity index (χ3n) is 3.12. The fourth-order valence-electron chi connectivity index (χ4n) is 2.03. The van der Waals surface area contributed by atoms with Crippen molar-refractivity contribution in [3.63, 3.8) is 0 Å². The lowest BCUT2D eigenvalue weighted by atomic mass is 10.2. The van der Waals surface area contributed by atoms with Crippen molar-refractivity contribution in [3.8, 4) is 0 Å². The number of carbonyl (C=O) groups is 1. The predicted octanol–water partition coefficient (Wildman–Crippen LogP) is 1.04. The molecule has 0 aliphatic rings. The van der Waals surface area contributed by atoms with E-state index in [4.69, 9.17) is 0 Å². The average molecular weight is 305 g/mol. The van der Waals surface area contributed by atoms with Gasteiger partial charge in [-0.2, -0.15) is 0 Å². The third kappa shape index (κ3) is 3.24. The van der Waals surface area contributed by atoms with Crippen LogP contribution < -0.4 is 5.32 Å². The van der Waals surface area contributed by atoms with Crippen LogP contribution >= 0.6 is 11.3 Å². The minimum atomic E-state index is -0.0994. The summed E-state index contributed by atoms with van der Waals surface area (Å²) in [4.78, 5) is 17.3. The molecule has 3 heterocycles. The van der Waals surface area contributed by atoms with Crippen LogP contribution in [0.1, 0.15) is 31.5 Å². The molecule has 1 amide bonds. The molecule has 3 rings (SSSR count). The van der Waals surface area contributed by atoms with Crippen LogP contribution in [-0.4, -0.2) is 35.5 Å². The van der Waals surface area contributed by atoms with Gasteiger partial charge in [0.1, 0.15) is 6.33 Å². The maximum Gasteiger partial charge on any atom is 0.220 e. The van der Waals surface area contributed by atoms with Gasteiger partial charge in [0.2, 0.25) is 5.91 Å². The van der Waals surface area contributed by atoms with Crippen LogP contribution in [0.2, 0.25) is 0 Å². The zero-order valence-electron chi connectivity index (χ0n) is 11.5. The number of fused-ring (bicyclic) bond motifs is 1. The zero-order valence-corrected chi connectivity index (χ0v) is 12.3. The standard InChI is InChI=1S/C12H15N7OS/c1-9(10-7-18-5-6-21-12(18)15-10)14-11(20)3-2-4-19-8-13-16-17-19/h5-9H,2-4H2,1H3,(H,14,20)/t9-/m0/s1. The third-order valence-corrected chi connectivity index (χ3v) is 3.89.